The number of ether oxygens (including phenoxy) is 2. The molecular weight excluding hydrogens is 567 g/mol. The van der Waals surface area contributed by atoms with E-state index in [2.05, 4.69) is 24.9 Å². The third-order valence-corrected chi connectivity index (χ3v) is 8.73. The first kappa shape index (κ1) is 30.1. The number of nitrogens with one attached hydrogen (secondary N) is 1. The Hall–Kier alpha value is -3.33. The molecule has 6 N–H and O–H groups in total. The molecule has 1 aromatic carbocycles. The Kier molecular flexibility index (Phi) is 8.43. The fraction of sp³-hybridized carbons (Fsp3) is 0.538. The molecule has 228 valence electrons. The second-order valence-electron chi connectivity index (χ2n) is 10.9. The largest absolute Gasteiger partial charge is 0.462 e. The predicted molar refractivity (Wildman–Crippen MR) is 154 cm³/mol. The average Bonchev–Trinajstić information content (AvgIpc) is 3.39. The number of rotatable bonds is 11. The Bertz CT molecular complexity index is 1470. The summed E-state index contributed by atoms with van der Waals surface area (Å²) in [7, 11) is -4.20. The molecule has 2 aromatic heterocycles. The van der Waals surface area contributed by atoms with Crippen molar-refractivity contribution in [3.63, 3.8) is 0 Å². The lowest BCUT2D eigenvalue weighted by Gasteiger charge is -2.32. The molecule has 0 amide bonds. The van der Waals surface area contributed by atoms with Crippen LogP contribution in [0.15, 0.2) is 36.7 Å². The van der Waals surface area contributed by atoms with E-state index in [9.17, 15) is 14.5 Å². The lowest BCUT2D eigenvalue weighted by molar-refractivity contribution is -0.149. The first-order valence-electron chi connectivity index (χ1n) is 13.7. The van der Waals surface area contributed by atoms with Crippen LogP contribution in [0.5, 0.6) is 5.75 Å². The van der Waals surface area contributed by atoms with Crippen LogP contribution < -0.4 is 26.0 Å². The van der Waals surface area contributed by atoms with Crippen molar-refractivity contribution in [2.75, 3.05) is 30.3 Å². The van der Waals surface area contributed by atoms with E-state index in [0.717, 1.165) is 19.5 Å². The molecule has 0 radical (unpaired) electrons. The molecule has 0 spiro atoms. The number of fused-ring (bicyclic) bond motifs is 1. The number of para-hydroxylation sites is 1. The zero-order chi connectivity index (χ0) is 30.2. The average molecular weight is 605 g/mol. The normalized spacial score (nSPS) is 26.2. The molecule has 0 saturated carbocycles. The third-order valence-electron chi connectivity index (χ3n) is 7.09. The first-order valence-corrected chi connectivity index (χ1v) is 15.3. The number of nitrogens with zero attached hydrogens (tertiary/aromatic N) is 5. The van der Waals surface area contributed by atoms with E-state index in [-0.39, 0.29) is 17.8 Å². The van der Waals surface area contributed by atoms with Gasteiger partial charge in [0, 0.05) is 13.1 Å². The summed E-state index contributed by atoms with van der Waals surface area (Å²) in [5.74, 6) is 0.295. The number of nitrogen functional groups attached to an aromatic ring is 1. The SMILES string of the molecule is CC(C)OC(=O)C(C)NP(=O)(OCC1OC(n2cnc3c(N4CCC4)nc(N)nc32)C(C)(N)C1O)Oc1ccccc1. The third kappa shape index (κ3) is 6.07. The number of aromatic nitrogens is 4. The fourth-order valence-electron chi connectivity index (χ4n) is 4.77. The number of nitrogens with two attached hydrogens (primary N) is 2. The number of hydrogen-bond donors (Lipinski definition) is 4. The van der Waals surface area contributed by atoms with E-state index in [1.165, 1.54) is 13.3 Å². The van der Waals surface area contributed by atoms with Gasteiger partial charge in [0.25, 0.3) is 0 Å². The van der Waals surface area contributed by atoms with Crippen molar-refractivity contribution in [1.29, 1.82) is 0 Å². The summed E-state index contributed by atoms with van der Waals surface area (Å²) in [6, 6.07) is 7.31. The number of aliphatic hydroxyl groups excluding tert-OH is 1. The molecular formula is C26H37N8O7P. The van der Waals surface area contributed by atoms with E-state index >= 15 is 0 Å². The van der Waals surface area contributed by atoms with Gasteiger partial charge < -0.3 is 35.5 Å². The van der Waals surface area contributed by atoms with Crippen LogP contribution in [-0.4, -0.2) is 80.2 Å². The zero-order valence-corrected chi connectivity index (χ0v) is 24.8. The number of benzene rings is 1. The van der Waals surface area contributed by atoms with Crippen molar-refractivity contribution in [2.45, 2.75) is 70.2 Å². The number of hydrogen-bond acceptors (Lipinski definition) is 13. The first-order chi connectivity index (χ1) is 19.9. The van der Waals surface area contributed by atoms with Crippen LogP contribution in [-0.2, 0) is 23.4 Å². The predicted octanol–water partition coefficient (Wildman–Crippen LogP) is 1.73. The van der Waals surface area contributed by atoms with Crippen molar-refractivity contribution in [3.05, 3.63) is 36.7 Å². The Morgan fingerprint density at radius 2 is 1.98 bits per heavy atom. The smallest absolute Gasteiger partial charge is 0.459 e. The highest BCUT2D eigenvalue weighted by molar-refractivity contribution is 7.52. The highest BCUT2D eigenvalue weighted by atomic mass is 31.2. The van der Waals surface area contributed by atoms with Gasteiger partial charge in [0.2, 0.25) is 5.95 Å². The molecule has 0 aliphatic carbocycles. The molecule has 4 heterocycles. The van der Waals surface area contributed by atoms with Crippen molar-refractivity contribution >= 4 is 36.6 Å². The fourth-order valence-corrected chi connectivity index (χ4v) is 6.28. The minimum atomic E-state index is -4.20. The molecule has 16 heteroatoms. The van der Waals surface area contributed by atoms with E-state index in [4.69, 9.17) is 30.0 Å². The number of aliphatic hydroxyl groups is 1. The minimum absolute atomic E-state index is 0.0680. The van der Waals surface area contributed by atoms with Gasteiger partial charge in [-0.1, -0.05) is 18.2 Å². The van der Waals surface area contributed by atoms with Crippen LogP contribution in [0.25, 0.3) is 11.2 Å². The van der Waals surface area contributed by atoms with E-state index in [1.54, 1.807) is 55.7 Å². The van der Waals surface area contributed by atoms with Crippen LogP contribution in [0, 0.1) is 0 Å². The number of anilines is 2. The Balaban J connectivity index is 1.37. The second kappa shape index (κ2) is 11.7. The molecule has 2 fully saturated rings. The topological polar surface area (TPSA) is 202 Å². The summed E-state index contributed by atoms with van der Waals surface area (Å²) in [6.45, 7) is 7.78. The molecule has 42 heavy (non-hydrogen) atoms. The Labute approximate surface area is 243 Å². The van der Waals surface area contributed by atoms with Gasteiger partial charge in [-0.15, -0.1) is 0 Å². The van der Waals surface area contributed by atoms with Crippen molar-refractivity contribution in [3.8, 4) is 5.75 Å². The minimum Gasteiger partial charge on any atom is -0.462 e. The summed E-state index contributed by atoms with van der Waals surface area (Å²) in [6.07, 6.45) is -1.06. The molecule has 2 saturated heterocycles. The van der Waals surface area contributed by atoms with Gasteiger partial charge in [-0.25, -0.2) is 9.55 Å². The molecule has 2 aliphatic rings. The highest BCUT2D eigenvalue weighted by Crippen LogP contribution is 2.47. The lowest BCUT2D eigenvalue weighted by Crippen LogP contribution is -2.52. The second-order valence-corrected chi connectivity index (χ2v) is 12.6. The Morgan fingerprint density at radius 3 is 2.62 bits per heavy atom. The summed E-state index contributed by atoms with van der Waals surface area (Å²) in [4.78, 5) is 27.7. The number of carbonyl (C=O) groups excluding carboxylic acids is 1. The maximum absolute atomic E-state index is 13.9. The van der Waals surface area contributed by atoms with Gasteiger partial charge in [0.1, 0.15) is 24.0 Å². The molecule has 15 nitrogen and oxygen atoms in total. The van der Waals surface area contributed by atoms with Crippen LogP contribution >= 0.6 is 7.75 Å². The molecule has 3 aromatic rings. The van der Waals surface area contributed by atoms with Crippen LogP contribution in [0.4, 0.5) is 11.8 Å². The summed E-state index contributed by atoms with van der Waals surface area (Å²) >= 11 is 0. The number of carbonyl (C=O) groups is 1. The van der Waals surface area contributed by atoms with Gasteiger partial charge in [0.15, 0.2) is 23.2 Å². The van der Waals surface area contributed by atoms with Gasteiger partial charge in [-0.2, -0.15) is 15.1 Å². The Morgan fingerprint density at radius 1 is 1.26 bits per heavy atom. The standard InChI is InChI=1S/C26H37N8O7P/c1-15(2)39-23(36)16(3)32-42(37,41-17-9-6-5-7-10-17)38-13-18-20(35)26(4,28)24(40-18)34-14-29-19-21(33-11-8-12-33)30-25(27)31-22(19)34/h5-7,9-10,14-16,18,20,24,35H,8,11-13,28H2,1-4H3,(H,32,37)(H2,27,30,31). The number of imidazole rings is 1. The van der Waals surface area contributed by atoms with Crippen molar-refractivity contribution in [1.82, 2.24) is 24.6 Å². The van der Waals surface area contributed by atoms with Gasteiger partial charge in [-0.05, 0) is 46.2 Å². The molecule has 6 unspecified atom stereocenters. The quantitative estimate of drug-likeness (QED) is 0.182. The van der Waals surface area contributed by atoms with Gasteiger partial charge >= 0.3 is 13.7 Å². The van der Waals surface area contributed by atoms with Crippen molar-refractivity contribution in [2.24, 2.45) is 5.73 Å². The monoisotopic (exact) mass is 604 g/mol. The van der Waals surface area contributed by atoms with Crippen molar-refractivity contribution < 1.29 is 33.0 Å². The maximum Gasteiger partial charge on any atom is 0.459 e. The molecule has 2 aliphatic heterocycles. The van der Waals surface area contributed by atoms with Crippen LogP contribution in [0.3, 0.4) is 0 Å². The van der Waals surface area contributed by atoms with Crippen LogP contribution in [0.2, 0.25) is 0 Å². The molecule has 0 bridgehead atoms. The van der Waals surface area contributed by atoms with E-state index < -0.39 is 50.3 Å². The summed E-state index contributed by atoms with van der Waals surface area (Å²) < 4.78 is 38.3. The van der Waals surface area contributed by atoms with Gasteiger partial charge in [0.05, 0.1) is 24.6 Å². The van der Waals surface area contributed by atoms with E-state index in [1.807, 2.05) is 0 Å². The maximum atomic E-state index is 13.9. The summed E-state index contributed by atoms with van der Waals surface area (Å²) in [5, 5.41) is 13.8. The lowest BCUT2D eigenvalue weighted by atomic mass is 9.93. The van der Waals surface area contributed by atoms with E-state index in [0.29, 0.717) is 17.0 Å². The molecule has 6 atom stereocenters. The summed E-state index contributed by atoms with van der Waals surface area (Å²) in [5.41, 5.74) is 12.2. The zero-order valence-electron chi connectivity index (χ0n) is 23.9. The van der Waals surface area contributed by atoms with Crippen LogP contribution in [0.1, 0.15) is 40.3 Å². The molecule has 5 rings (SSSR count). The number of esters is 1. The highest BCUT2D eigenvalue weighted by Gasteiger charge is 2.53. The van der Waals surface area contributed by atoms with Gasteiger partial charge in [-0.3, -0.25) is 13.9 Å².